The van der Waals surface area contributed by atoms with E-state index in [1.54, 1.807) is 0 Å². The van der Waals surface area contributed by atoms with Crippen LogP contribution in [-0.2, 0) is 19.4 Å². The molecule has 0 unspecified atom stereocenters. The zero-order valence-electron chi connectivity index (χ0n) is 15.0. The summed E-state index contributed by atoms with van der Waals surface area (Å²) in [5, 5.41) is 2.02. The van der Waals surface area contributed by atoms with Gasteiger partial charge in [0.05, 0.1) is 20.6 Å². The Labute approximate surface area is 184 Å². The van der Waals surface area contributed by atoms with Gasteiger partial charge >= 0.3 is 12.4 Å². The fraction of sp³-hybridized carbons (Fsp3) is 0.167. The highest BCUT2D eigenvalue weighted by atomic mass is 35.5. The molecule has 13 heteroatoms. The number of hydrogen-bond acceptors (Lipinski definition) is 2. The molecule has 0 aliphatic carbocycles. The number of benzene rings is 2. The standard InChI is InChI=1S/C18H8Cl3F7N2O/c1-30-16(18(26,27)28)14(21)15(29-30)8-5-13(10(20)6-11(8)22)31-12-3-2-7(4-9(12)19)17(23,24)25/h2-6H,1H3. The second-order valence-electron chi connectivity index (χ2n) is 6.14. The van der Waals surface area contributed by atoms with Crippen molar-refractivity contribution in [3.05, 3.63) is 62.5 Å². The van der Waals surface area contributed by atoms with E-state index in [0.29, 0.717) is 16.8 Å². The molecule has 0 bridgehead atoms. The molecule has 0 N–H and O–H groups in total. The topological polar surface area (TPSA) is 27.1 Å². The molecule has 0 fully saturated rings. The monoisotopic (exact) mass is 506 g/mol. The predicted octanol–water partition coefficient (Wildman–Crippen LogP) is 8.02. The minimum Gasteiger partial charge on any atom is -0.454 e. The first-order valence-electron chi connectivity index (χ1n) is 8.04. The summed E-state index contributed by atoms with van der Waals surface area (Å²) in [6.07, 6.45) is -9.50. The van der Waals surface area contributed by atoms with Crippen LogP contribution in [0.1, 0.15) is 11.3 Å². The molecule has 3 rings (SSSR count). The molecule has 3 nitrogen and oxygen atoms in total. The van der Waals surface area contributed by atoms with Crippen LogP contribution in [0.25, 0.3) is 11.3 Å². The van der Waals surface area contributed by atoms with E-state index >= 15 is 0 Å². The van der Waals surface area contributed by atoms with Gasteiger partial charge < -0.3 is 4.74 Å². The number of aryl methyl sites for hydroxylation is 1. The average molecular weight is 508 g/mol. The Hall–Kier alpha value is -2.17. The van der Waals surface area contributed by atoms with Crippen molar-refractivity contribution in [2.75, 3.05) is 0 Å². The molecule has 1 heterocycles. The molecule has 0 atom stereocenters. The zero-order chi connectivity index (χ0) is 23.3. The Morgan fingerprint density at radius 2 is 1.48 bits per heavy atom. The Kier molecular flexibility index (Phi) is 6.11. The van der Waals surface area contributed by atoms with Gasteiger partial charge in [-0.2, -0.15) is 31.4 Å². The average Bonchev–Trinajstić information content (AvgIpc) is 2.92. The van der Waals surface area contributed by atoms with Gasteiger partial charge in [0.15, 0.2) is 5.69 Å². The smallest absolute Gasteiger partial charge is 0.434 e. The molecular formula is C18H8Cl3F7N2O. The van der Waals surface area contributed by atoms with Crippen LogP contribution >= 0.6 is 34.8 Å². The van der Waals surface area contributed by atoms with E-state index < -0.39 is 50.7 Å². The van der Waals surface area contributed by atoms with Crippen LogP contribution in [-0.4, -0.2) is 9.78 Å². The zero-order valence-corrected chi connectivity index (χ0v) is 17.2. The number of nitrogens with zero attached hydrogens (tertiary/aromatic N) is 2. The quantitative estimate of drug-likeness (QED) is 0.336. The Bertz CT molecular complexity index is 1160. The first-order chi connectivity index (χ1) is 14.2. The molecule has 2 aromatic carbocycles. The van der Waals surface area contributed by atoms with Crippen molar-refractivity contribution in [1.29, 1.82) is 0 Å². The maximum Gasteiger partial charge on any atom is 0.434 e. The molecule has 0 saturated carbocycles. The lowest BCUT2D eigenvalue weighted by Crippen LogP contribution is -2.12. The first-order valence-corrected chi connectivity index (χ1v) is 9.17. The second-order valence-corrected chi connectivity index (χ2v) is 7.33. The molecule has 166 valence electrons. The summed E-state index contributed by atoms with van der Waals surface area (Å²) in [5.41, 5.74) is -3.34. The summed E-state index contributed by atoms with van der Waals surface area (Å²) in [4.78, 5) is 0. The van der Waals surface area contributed by atoms with Gasteiger partial charge in [-0.25, -0.2) is 4.39 Å². The van der Waals surface area contributed by atoms with E-state index in [-0.39, 0.29) is 16.5 Å². The van der Waals surface area contributed by atoms with Gasteiger partial charge in [0.2, 0.25) is 0 Å². The van der Waals surface area contributed by atoms with Gasteiger partial charge in [-0.3, -0.25) is 4.68 Å². The summed E-state index contributed by atoms with van der Waals surface area (Å²) in [7, 11) is 0.978. The number of halogens is 10. The number of rotatable bonds is 3. The van der Waals surface area contributed by atoms with E-state index in [9.17, 15) is 30.7 Å². The highest BCUT2D eigenvalue weighted by Gasteiger charge is 2.39. The van der Waals surface area contributed by atoms with Crippen molar-refractivity contribution in [2.45, 2.75) is 12.4 Å². The largest absolute Gasteiger partial charge is 0.454 e. The van der Waals surface area contributed by atoms with Gasteiger partial charge in [0.1, 0.15) is 23.0 Å². The Morgan fingerprint density at radius 1 is 0.871 bits per heavy atom. The summed E-state index contributed by atoms with van der Waals surface area (Å²) in [6, 6.07) is 3.88. The molecule has 0 aliphatic rings. The Balaban J connectivity index is 2.06. The fourth-order valence-electron chi connectivity index (χ4n) is 2.65. The van der Waals surface area contributed by atoms with Crippen LogP contribution in [0, 0.1) is 5.82 Å². The number of alkyl halides is 6. The van der Waals surface area contributed by atoms with E-state index in [4.69, 9.17) is 39.5 Å². The predicted molar refractivity (Wildman–Crippen MR) is 100 cm³/mol. The number of ether oxygens (including phenoxy) is 1. The van der Waals surface area contributed by atoms with Crippen molar-refractivity contribution < 1.29 is 35.5 Å². The summed E-state index contributed by atoms with van der Waals surface area (Å²) in [6.45, 7) is 0. The SMILES string of the molecule is Cn1nc(-c2cc(Oc3ccc(C(F)(F)F)cc3Cl)c(Cl)cc2F)c(Cl)c1C(F)(F)F. The maximum atomic E-state index is 14.5. The third-order valence-corrected chi connectivity index (χ3v) is 4.96. The van der Waals surface area contributed by atoms with Crippen molar-refractivity contribution in [3.63, 3.8) is 0 Å². The Morgan fingerprint density at radius 3 is 2.00 bits per heavy atom. The van der Waals surface area contributed by atoms with Crippen LogP contribution in [0.5, 0.6) is 11.5 Å². The molecule has 3 aromatic rings. The third-order valence-electron chi connectivity index (χ3n) is 4.01. The van der Waals surface area contributed by atoms with Crippen LogP contribution in [0.4, 0.5) is 30.7 Å². The highest BCUT2D eigenvalue weighted by molar-refractivity contribution is 6.34. The molecule has 0 amide bonds. The molecule has 0 radical (unpaired) electrons. The van der Waals surface area contributed by atoms with Crippen molar-refractivity contribution in [1.82, 2.24) is 9.78 Å². The highest BCUT2D eigenvalue weighted by Crippen LogP contribution is 2.43. The van der Waals surface area contributed by atoms with Crippen LogP contribution < -0.4 is 4.74 Å². The van der Waals surface area contributed by atoms with Gasteiger partial charge in [0, 0.05) is 12.6 Å². The van der Waals surface area contributed by atoms with E-state index in [1.807, 2.05) is 0 Å². The maximum absolute atomic E-state index is 14.5. The molecular weight excluding hydrogens is 500 g/mol. The normalized spacial score (nSPS) is 12.4. The minimum atomic E-state index is -4.85. The van der Waals surface area contributed by atoms with E-state index in [0.717, 1.165) is 25.2 Å². The van der Waals surface area contributed by atoms with Crippen LogP contribution in [0.15, 0.2) is 30.3 Å². The minimum absolute atomic E-state index is 0.253. The number of aromatic nitrogens is 2. The molecule has 0 saturated heterocycles. The van der Waals surface area contributed by atoms with Gasteiger partial charge in [-0.1, -0.05) is 34.8 Å². The lowest BCUT2D eigenvalue weighted by Gasteiger charge is -2.13. The van der Waals surface area contributed by atoms with Crippen molar-refractivity contribution in [3.8, 4) is 22.8 Å². The molecule has 1 aromatic heterocycles. The van der Waals surface area contributed by atoms with Gasteiger partial charge in [0.25, 0.3) is 0 Å². The van der Waals surface area contributed by atoms with Crippen LogP contribution in [0.3, 0.4) is 0 Å². The van der Waals surface area contributed by atoms with Gasteiger partial charge in [-0.15, -0.1) is 0 Å². The number of hydrogen-bond donors (Lipinski definition) is 0. The van der Waals surface area contributed by atoms with E-state index in [2.05, 4.69) is 5.10 Å². The van der Waals surface area contributed by atoms with Gasteiger partial charge in [-0.05, 0) is 30.3 Å². The molecule has 31 heavy (non-hydrogen) atoms. The molecule has 0 aliphatic heterocycles. The molecule has 0 spiro atoms. The lowest BCUT2D eigenvalue weighted by atomic mass is 10.1. The van der Waals surface area contributed by atoms with Crippen molar-refractivity contribution in [2.24, 2.45) is 7.05 Å². The van der Waals surface area contributed by atoms with Crippen LogP contribution in [0.2, 0.25) is 15.1 Å². The fourth-order valence-corrected chi connectivity index (χ4v) is 3.42. The first kappa shape index (κ1) is 23.5. The summed E-state index contributed by atoms with van der Waals surface area (Å²) < 4.78 is 98.0. The summed E-state index contributed by atoms with van der Waals surface area (Å²) in [5.74, 6) is -1.60. The summed E-state index contributed by atoms with van der Waals surface area (Å²) >= 11 is 17.5. The lowest BCUT2D eigenvalue weighted by molar-refractivity contribution is -0.143. The third kappa shape index (κ3) is 4.70. The second kappa shape index (κ2) is 8.07. The van der Waals surface area contributed by atoms with E-state index in [1.165, 1.54) is 0 Å². The van der Waals surface area contributed by atoms with Crippen molar-refractivity contribution >= 4 is 34.8 Å².